The van der Waals surface area contributed by atoms with E-state index >= 15 is 0 Å². The van der Waals surface area contributed by atoms with Gasteiger partial charge in [0.1, 0.15) is 10.7 Å². The molecule has 0 radical (unpaired) electrons. The number of rotatable bonds is 4. The average Bonchev–Trinajstić information content (AvgIpc) is 3.00. The summed E-state index contributed by atoms with van der Waals surface area (Å²) >= 11 is 1.72. The van der Waals surface area contributed by atoms with Gasteiger partial charge in [-0.15, -0.1) is 11.3 Å². The highest BCUT2D eigenvalue weighted by molar-refractivity contribution is 7.11. The molecule has 1 atom stereocenters. The van der Waals surface area contributed by atoms with E-state index in [1.807, 2.05) is 11.1 Å². The number of anilines is 2. The highest BCUT2D eigenvalue weighted by Gasteiger charge is 2.27. The molecule has 0 bridgehead atoms. The van der Waals surface area contributed by atoms with Crippen LogP contribution in [-0.2, 0) is 0 Å². The molecule has 2 aromatic rings. The molecule has 1 aromatic carbocycles. The summed E-state index contributed by atoms with van der Waals surface area (Å²) in [5.41, 5.74) is 7.09. The van der Waals surface area contributed by atoms with Crippen molar-refractivity contribution in [2.24, 2.45) is 0 Å². The van der Waals surface area contributed by atoms with E-state index in [1.54, 1.807) is 23.5 Å². The highest BCUT2D eigenvalue weighted by atomic mass is 32.1. The molecule has 0 amide bonds. The van der Waals surface area contributed by atoms with E-state index in [-0.39, 0.29) is 16.7 Å². The van der Waals surface area contributed by atoms with Crippen molar-refractivity contribution < 1.29 is 4.92 Å². The smallest absolute Gasteiger partial charge is 0.292 e. The van der Waals surface area contributed by atoms with Gasteiger partial charge in [-0.2, -0.15) is 0 Å². The highest BCUT2D eigenvalue weighted by Crippen LogP contribution is 2.32. The van der Waals surface area contributed by atoms with Crippen LogP contribution in [0.1, 0.15) is 22.9 Å². The number of nitrogens with two attached hydrogens (primary N) is 1. The molecule has 1 aromatic heterocycles. The van der Waals surface area contributed by atoms with Crippen LogP contribution in [0.4, 0.5) is 17.1 Å². The van der Waals surface area contributed by atoms with Crippen LogP contribution in [0.25, 0.3) is 0 Å². The van der Waals surface area contributed by atoms with E-state index in [0.717, 1.165) is 31.2 Å². The third-order valence-electron chi connectivity index (χ3n) is 4.40. The third kappa shape index (κ3) is 3.34. The molecule has 3 rings (SSSR count). The normalized spacial score (nSPS) is 17.0. The van der Waals surface area contributed by atoms with Crippen LogP contribution >= 0.6 is 11.3 Å². The number of nitro groups is 1. The lowest BCUT2D eigenvalue weighted by atomic mass is 10.1. The van der Waals surface area contributed by atoms with Gasteiger partial charge in [-0.25, -0.2) is 4.98 Å². The second-order valence-corrected chi connectivity index (χ2v) is 7.28. The van der Waals surface area contributed by atoms with Crippen molar-refractivity contribution in [3.63, 3.8) is 0 Å². The van der Waals surface area contributed by atoms with Gasteiger partial charge in [0.25, 0.3) is 5.69 Å². The first-order valence-corrected chi connectivity index (χ1v) is 8.72. The van der Waals surface area contributed by atoms with Crippen LogP contribution < -0.4 is 10.6 Å². The van der Waals surface area contributed by atoms with Crippen LogP contribution in [0.5, 0.6) is 0 Å². The van der Waals surface area contributed by atoms with Gasteiger partial charge in [0.15, 0.2) is 0 Å². The van der Waals surface area contributed by atoms with Gasteiger partial charge in [-0.1, -0.05) is 0 Å². The first-order chi connectivity index (χ1) is 11.5. The third-order valence-corrected chi connectivity index (χ3v) is 5.48. The number of hydrogen-bond donors (Lipinski definition) is 1. The predicted molar refractivity (Wildman–Crippen MR) is 96.6 cm³/mol. The fourth-order valence-electron chi connectivity index (χ4n) is 3.02. The van der Waals surface area contributed by atoms with Crippen molar-refractivity contribution >= 4 is 28.4 Å². The zero-order valence-electron chi connectivity index (χ0n) is 13.8. The molecule has 0 aliphatic carbocycles. The largest absolute Gasteiger partial charge is 0.399 e. The van der Waals surface area contributed by atoms with Gasteiger partial charge in [-0.3, -0.25) is 15.0 Å². The van der Waals surface area contributed by atoms with Crippen LogP contribution in [0, 0.1) is 17.0 Å². The Bertz CT molecular complexity index is 740. The molecule has 24 heavy (non-hydrogen) atoms. The lowest BCUT2D eigenvalue weighted by Crippen LogP contribution is -2.47. The van der Waals surface area contributed by atoms with E-state index in [0.29, 0.717) is 11.4 Å². The molecule has 1 fully saturated rings. The van der Waals surface area contributed by atoms with E-state index in [4.69, 9.17) is 5.73 Å². The van der Waals surface area contributed by atoms with Gasteiger partial charge in [0.2, 0.25) is 0 Å². The number of nitro benzene ring substituents is 1. The second kappa shape index (κ2) is 6.74. The quantitative estimate of drug-likeness (QED) is 0.520. The number of aryl methyl sites for hydroxylation is 1. The number of hydrogen-bond acceptors (Lipinski definition) is 7. The molecule has 1 aliphatic rings. The summed E-state index contributed by atoms with van der Waals surface area (Å²) in [7, 11) is 0. The Hall–Kier alpha value is -2.19. The minimum absolute atomic E-state index is 0.112. The molecule has 2 heterocycles. The summed E-state index contributed by atoms with van der Waals surface area (Å²) < 4.78 is 0. The molecule has 1 unspecified atom stereocenters. The van der Waals surface area contributed by atoms with Crippen molar-refractivity contribution in [2.45, 2.75) is 19.9 Å². The molecular formula is C16H21N5O2S. The first-order valence-electron chi connectivity index (χ1n) is 7.91. The number of nitrogen functional groups attached to an aromatic ring is 1. The molecule has 0 saturated carbocycles. The maximum Gasteiger partial charge on any atom is 0.292 e. The number of thiazole rings is 1. The fourth-order valence-corrected chi connectivity index (χ4v) is 3.88. The lowest BCUT2D eigenvalue weighted by Gasteiger charge is -2.38. The number of aromatic nitrogens is 1. The summed E-state index contributed by atoms with van der Waals surface area (Å²) in [6.45, 7) is 7.37. The average molecular weight is 347 g/mol. The first kappa shape index (κ1) is 16.7. The Morgan fingerprint density at radius 3 is 2.62 bits per heavy atom. The van der Waals surface area contributed by atoms with Crippen LogP contribution in [0.3, 0.4) is 0 Å². The Labute approximate surface area is 144 Å². The monoisotopic (exact) mass is 347 g/mol. The molecule has 1 aliphatic heterocycles. The molecule has 128 valence electrons. The zero-order valence-corrected chi connectivity index (χ0v) is 14.6. The SMILES string of the molecule is Cc1cnc(C(C)N2CCN(c3cc(N)ccc3[N+](=O)[O-])CC2)s1. The Kier molecular flexibility index (Phi) is 4.68. The summed E-state index contributed by atoms with van der Waals surface area (Å²) in [6.07, 6.45) is 1.91. The van der Waals surface area contributed by atoms with E-state index in [1.165, 1.54) is 10.9 Å². The Morgan fingerprint density at radius 2 is 2.04 bits per heavy atom. The maximum absolute atomic E-state index is 11.3. The molecule has 0 spiro atoms. The summed E-state index contributed by atoms with van der Waals surface area (Å²) in [4.78, 5) is 21.0. The minimum atomic E-state index is -0.345. The van der Waals surface area contributed by atoms with Crippen molar-refractivity contribution in [1.82, 2.24) is 9.88 Å². The number of benzene rings is 1. The van der Waals surface area contributed by atoms with Gasteiger partial charge in [-0.05, 0) is 26.0 Å². The van der Waals surface area contributed by atoms with E-state index in [2.05, 4.69) is 23.7 Å². The standard InChI is InChI=1S/C16H21N5O2S/c1-11-10-18-16(24-11)12(2)19-5-7-20(8-6-19)15-9-13(17)3-4-14(15)21(22)23/h3-4,9-10,12H,5-8,17H2,1-2H3. The summed E-state index contributed by atoms with van der Waals surface area (Å²) in [5.74, 6) is 0. The molecule has 8 heteroatoms. The van der Waals surface area contributed by atoms with Crippen molar-refractivity contribution in [3.8, 4) is 0 Å². The Balaban J connectivity index is 1.71. The summed E-state index contributed by atoms with van der Waals surface area (Å²) in [5, 5.41) is 12.4. The topological polar surface area (TPSA) is 88.5 Å². The van der Waals surface area contributed by atoms with E-state index in [9.17, 15) is 10.1 Å². The van der Waals surface area contributed by atoms with Gasteiger partial charge >= 0.3 is 0 Å². The van der Waals surface area contributed by atoms with E-state index < -0.39 is 0 Å². The fraction of sp³-hybridized carbons (Fsp3) is 0.438. The van der Waals surface area contributed by atoms with Crippen molar-refractivity contribution in [2.75, 3.05) is 36.8 Å². The van der Waals surface area contributed by atoms with Gasteiger partial charge in [0, 0.05) is 49.0 Å². The number of piperazine rings is 1. The molecular weight excluding hydrogens is 326 g/mol. The van der Waals surface area contributed by atoms with Crippen LogP contribution in [0.15, 0.2) is 24.4 Å². The molecule has 2 N–H and O–H groups in total. The maximum atomic E-state index is 11.3. The molecule has 1 saturated heterocycles. The van der Waals surface area contributed by atoms with Crippen LogP contribution in [0.2, 0.25) is 0 Å². The van der Waals surface area contributed by atoms with Gasteiger partial charge < -0.3 is 10.6 Å². The summed E-state index contributed by atoms with van der Waals surface area (Å²) in [6, 6.07) is 5.02. The predicted octanol–water partition coefficient (Wildman–Crippen LogP) is 2.83. The van der Waals surface area contributed by atoms with Crippen molar-refractivity contribution in [3.05, 3.63) is 44.4 Å². The molecule has 7 nitrogen and oxygen atoms in total. The lowest BCUT2D eigenvalue weighted by molar-refractivity contribution is -0.384. The van der Waals surface area contributed by atoms with Crippen molar-refractivity contribution in [1.29, 1.82) is 0 Å². The second-order valence-electron chi connectivity index (χ2n) is 6.01. The van der Waals surface area contributed by atoms with Gasteiger partial charge in [0.05, 0.1) is 11.0 Å². The van der Waals surface area contributed by atoms with Crippen LogP contribution in [-0.4, -0.2) is 41.0 Å². The number of nitrogens with zero attached hydrogens (tertiary/aromatic N) is 4. The minimum Gasteiger partial charge on any atom is -0.399 e. The zero-order chi connectivity index (χ0) is 17.3. The Morgan fingerprint density at radius 1 is 1.33 bits per heavy atom.